The van der Waals surface area contributed by atoms with Crippen LogP contribution in [0.1, 0.15) is 18.1 Å². The molecule has 0 unspecified atom stereocenters. The average molecular weight is 320 g/mol. The normalized spacial score (nSPS) is 12.0. The molecule has 2 aromatic carbocycles. The van der Waals surface area contributed by atoms with Gasteiger partial charge in [-0.25, -0.2) is 0 Å². The fraction of sp³-hybridized carbons (Fsp3) is 0.235. The monoisotopic (exact) mass is 319 g/mol. The van der Waals surface area contributed by atoms with Crippen LogP contribution in [0.5, 0.6) is 0 Å². The first-order valence-corrected chi connectivity index (χ1v) is 8.02. The predicted molar refractivity (Wildman–Crippen MR) is 91.3 cm³/mol. The predicted octanol–water partition coefficient (Wildman–Crippen LogP) is 5.08. The quantitative estimate of drug-likeness (QED) is 0.796. The van der Waals surface area contributed by atoms with E-state index in [-0.39, 0.29) is 11.2 Å². The van der Waals surface area contributed by atoms with Crippen LogP contribution in [0, 0.1) is 13.8 Å². The molecule has 1 N–H and O–H groups in total. The number of carbonyl (C=O) groups is 1. The lowest BCUT2D eigenvalue weighted by Gasteiger charge is -2.14. The van der Waals surface area contributed by atoms with Gasteiger partial charge in [0.15, 0.2) is 0 Å². The number of aryl methyl sites for hydroxylation is 1. The molecule has 1 atom stereocenters. The van der Waals surface area contributed by atoms with E-state index < -0.39 is 0 Å². The standard InChI is InChI=1S/C17H18ClNOS/c1-11-5-4-6-16(12(11)2)19-17(20)13(3)21-15-9-7-14(18)8-10-15/h4-10,13H,1-3H3,(H,19,20)/t13-/m1/s1. The number of halogens is 1. The van der Waals surface area contributed by atoms with Crippen LogP contribution in [0.15, 0.2) is 47.4 Å². The molecular weight excluding hydrogens is 302 g/mol. The zero-order valence-corrected chi connectivity index (χ0v) is 13.9. The first-order valence-electron chi connectivity index (χ1n) is 6.76. The van der Waals surface area contributed by atoms with E-state index in [2.05, 4.69) is 5.32 Å². The van der Waals surface area contributed by atoms with E-state index in [1.54, 1.807) is 0 Å². The fourth-order valence-corrected chi connectivity index (χ4v) is 2.89. The van der Waals surface area contributed by atoms with Gasteiger partial charge in [-0.3, -0.25) is 4.79 Å². The van der Waals surface area contributed by atoms with Crippen LogP contribution in [0.4, 0.5) is 5.69 Å². The van der Waals surface area contributed by atoms with Gasteiger partial charge < -0.3 is 5.32 Å². The Bertz CT molecular complexity index is 640. The highest BCUT2D eigenvalue weighted by atomic mass is 35.5. The summed E-state index contributed by atoms with van der Waals surface area (Å²) in [4.78, 5) is 13.3. The number of hydrogen-bond acceptors (Lipinski definition) is 2. The van der Waals surface area contributed by atoms with E-state index in [1.165, 1.54) is 17.3 Å². The van der Waals surface area contributed by atoms with Gasteiger partial charge in [-0.15, -0.1) is 11.8 Å². The average Bonchev–Trinajstić information content (AvgIpc) is 2.46. The van der Waals surface area contributed by atoms with Crippen molar-refractivity contribution in [1.29, 1.82) is 0 Å². The van der Waals surface area contributed by atoms with Gasteiger partial charge in [0.05, 0.1) is 5.25 Å². The number of anilines is 1. The van der Waals surface area contributed by atoms with Crippen molar-refractivity contribution in [1.82, 2.24) is 0 Å². The van der Waals surface area contributed by atoms with E-state index in [0.717, 1.165) is 16.1 Å². The molecular formula is C17H18ClNOS. The molecule has 2 aromatic rings. The molecule has 4 heteroatoms. The van der Waals surface area contributed by atoms with E-state index in [9.17, 15) is 4.79 Å². The van der Waals surface area contributed by atoms with Gasteiger partial charge in [-0.2, -0.15) is 0 Å². The smallest absolute Gasteiger partial charge is 0.237 e. The Morgan fingerprint density at radius 2 is 1.81 bits per heavy atom. The zero-order valence-electron chi connectivity index (χ0n) is 12.3. The number of amides is 1. The summed E-state index contributed by atoms with van der Waals surface area (Å²) in [5.41, 5.74) is 3.16. The molecule has 2 nitrogen and oxygen atoms in total. The lowest BCUT2D eigenvalue weighted by molar-refractivity contribution is -0.115. The van der Waals surface area contributed by atoms with Crippen molar-refractivity contribution < 1.29 is 4.79 Å². The first kappa shape index (κ1) is 15.9. The minimum atomic E-state index is -0.175. The Balaban J connectivity index is 2.02. The lowest BCUT2D eigenvalue weighted by Crippen LogP contribution is -2.22. The van der Waals surface area contributed by atoms with E-state index >= 15 is 0 Å². The van der Waals surface area contributed by atoms with Gasteiger partial charge in [-0.05, 0) is 62.2 Å². The molecule has 2 rings (SSSR count). The maximum Gasteiger partial charge on any atom is 0.237 e. The third-order valence-corrected chi connectivity index (χ3v) is 4.72. The summed E-state index contributed by atoms with van der Waals surface area (Å²) in [7, 11) is 0. The maximum absolute atomic E-state index is 12.3. The molecule has 0 saturated heterocycles. The highest BCUT2D eigenvalue weighted by molar-refractivity contribution is 8.00. The number of nitrogens with one attached hydrogen (secondary N) is 1. The van der Waals surface area contributed by atoms with Crippen molar-refractivity contribution in [2.24, 2.45) is 0 Å². The molecule has 110 valence electrons. The summed E-state index contributed by atoms with van der Waals surface area (Å²) >= 11 is 7.38. The number of hydrogen-bond donors (Lipinski definition) is 1. The molecule has 0 aliphatic heterocycles. The summed E-state index contributed by atoms with van der Waals surface area (Å²) in [6, 6.07) is 13.4. The van der Waals surface area contributed by atoms with Gasteiger partial charge in [0.1, 0.15) is 0 Å². The first-order chi connectivity index (χ1) is 9.97. The summed E-state index contributed by atoms with van der Waals surface area (Å²) in [6.07, 6.45) is 0. The largest absolute Gasteiger partial charge is 0.325 e. The maximum atomic E-state index is 12.3. The lowest BCUT2D eigenvalue weighted by atomic mass is 10.1. The number of benzene rings is 2. The van der Waals surface area contributed by atoms with Crippen molar-refractivity contribution in [3.05, 3.63) is 58.6 Å². The van der Waals surface area contributed by atoms with Gasteiger partial charge in [0.2, 0.25) is 5.91 Å². The number of thioether (sulfide) groups is 1. The van der Waals surface area contributed by atoms with E-state index in [4.69, 9.17) is 11.6 Å². The molecule has 0 radical (unpaired) electrons. The third kappa shape index (κ3) is 4.26. The van der Waals surface area contributed by atoms with Gasteiger partial charge in [0.25, 0.3) is 0 Å². The van der Waals surface area contributed by atoms with Crippen LogP contribution >= 0.6 is 23.4 Å². The Kier molecular flexibility index (Phi) is 5.32. The molecule has 0 heterocycles. The highest BCUT2D eigenvalue weighted by Gasteiger charge is 2.15. The van der Waals surface area contributed by atoms with Crippen molar-refractivity contribution in [3.63, 3.8) is 0 Å². The molecule has 1 amide bonds. The molecule has 0 fully saturated rings. The Labute approximate surface area is 134 Å². The number of rotatable bonds is 4. The Morgan fingerprint density at radius 3 is 2.48 bits per heavy atom. The summed E-state index contributed by atoms with van der Waals surface area (Å²) in [6.45, 7) is 5.96. The highest BCUT2D eigenvalue weighted by Crippen LogP contribution is 2.26. The van der Waals surface area contributed by atoms with Gasteiger partial charge >= 0.3 is 0 Å². The minimum absolute atomic E-state index is 0.00338. The minimum Gasteiger partial charge on any atom is -0.325 e. The summed E-state index contributed by atoms with van der Waals surface area (Å²) < 4.78 is 0. The Hall–Kier alpha value is -1.45. The van der Waals surface area contributed by atoms with E-state index in [0.29, 0.717) is 5.02 Å². The topological polar surface area (TPSA) is 29.1 Å². The molecule has 21 heavy (non-hydrogen) atoms. The van der Waals surface area contributed by atoms with Crippen molar-refractivity contribution in [2.75, 3.05) is 5.32 Å². The van der Waals surface area contributed by atoms with Crippen LogP contribution in [0.3, 0.4) is 0 Å². The second kappa shape index (κ2) is 7.01. The summed E-state index contributed by atoms with van der Waals surface area (Å²) in [5.74, 6) is 0.00338. The van der Waals surface area contributed by atoms with Crippen LogP contribution in [0.2, 0.25) is 5.02 Å². The zero-order chi connectivity index (χ0) is 15.4. The molecule has 0 aromatic heterocycles. The Morgan fingerprint density at radius 1 is 1.14 bits per heavy atom. The van der Waals surface area contributed by atoms with Crippen molar-refractivity contribution in [2.45, 2.75) is 30.9 Å². The third-order valence-electron chi connectivity index (χ3n) is 3.36. The SMILES string of the molecule is Cc1cccc(NC(=O)[C@@H](C)Sc2ccc(Cl)cc2)c1C. The van der Waals surface area contributed by atoms with Crippen LogP contribution < -0.4 is 5.32 Å². The van der Waals surface area contributed by atoms with Gasteiger partial charge in [0, 0.05) is 15.6 Å². The number of carbonyl (C=O) groups excluding carboxylic acids is 1. The second-order valence-corrected chi connectivity index (χ2v) is 6.80. The molecule has 0 saturated carbocycles. The van der Waals surface area contributed by atoms with Crippen molar-refractivity contribution >= 4 is 35.0 Å². The fourth-order valence-electron chi connectivity index (χ4n) is 1.89. The van der Waals surface area contributed by atoms with Crippen molar-refractivity contribution in [3.8, 4) is 0 Å². The van der Waals surface area contributed by atoms with Crippen LogP contribution in [0.25, 0.3) is 0 Å². The molecule has 0 aliphatic carbocycles. The van der Waals surface area contributed by atoms with E-state index in [1.807, 2.05) is 63.2 Å². The molecule has 0 spiro atoms. The summed E-state index contributed by atoms with van der Waals surface area (Å²) in [5, 5.41) is 3.52. The van der Waals surface area contributed by atoms with Crippen LogP contribution in [-0.2, 0) is 4.79 Å². The second-order valence-electron chi connectivity index (χ2n) is 4.95. The van der Waals surface area contributed by atoms with Gasteiger partial charge in [-0.1, -0.05) is 23.7 Å². The molecule has 0 bridgehead atoms. The molecule has 0 aliphatic rings. The van der Waals surface area contributed by atoms with Crippen LogP contribution in [-0.4, -0.2) is 11.2 Å².